The number of hydrogen-bond acceptors (Lipinski definition) is 6. The maximum atomic E-state index is 12.2. The quantitative estimate of drug-likeness (QED) is 0.454. The molecule has 0 aliphatic heterocycles. The molecule has 0 heterocycles. The first kappa shape index (κ1) is 22.3. The van der Waals surface area contributed by atoms with Crippen molar-refractivity contribution in [3.05, 3.63) is 47.5 Å². The van der Waals surface area contributed by atoms with Crippen molar-refractivity contribution in [3.8, 4) is 11.5 Å². The van der Waals surface area contributed by atoms with Crippen molar-refractivity contribution in [1.82, 2.24) is 0 Å². The number of para-hydroxylation sites is 2. The Morgan fingerprint density at radius 1 is 1.14 bits per heavy atom. The lowest BCUT2D eigenvalue weighted by molar-refractivity contribution is -0.680. The molecule has 0 spiro atoms. The van der Waals surface area contributed by atoms with Crippen LogP contribution < -0.4 is 30.5 Å². The molecular weight excluding hydrogens is 398 g/mol. The highest BCUT2D eigenvalue weighted by atomic mass is 35.5. The number of quaternary nitrogens is 1. The maximum Gasteiger partial charge on any atom is 0.230 e. The van der Waals surface area contributed by atoms with Crippen molar-refractivity contribution in [2.45, 2.75) is 12.5 Å². The van der Waals surface area contributed by atoms with Crippen LogP contribution in [0.3, 0.4) is 0 Å². The number of nitrogens with one attached hydrogen (secondary N) is 2. The van der Waals surface area contributed by atoms with Gasteiger partial charge in [0.1, 0.15) is 17.5 Å². The summed E-state index contributed by atoms with van der Waals surface area (Å²) in [5.74, 6) is -0.575. The van der Waals surface area contributed by atoms with E-state index in [9.17, 15) is 14.7 Å². The van der Waals surface area contributed by atoms with Gasteiger partial charge >= 0.3 is 0 Å². The smallest absolute Gasteiger partial charge is 0.230 e. The van der Waals surface area contributed by atoms with Crippen LogP contribution in [0.1, 0.15) is 6.42 Å². The number of ether oxygens (including phenoxy) is 2. The molecule has 1 amide bonds. The van der Waals surface area contributed by atoms with Crippen molar-refractivity contribution >= 4 is 34.9 Å². The van der Waals surface area contributed by atoms with Crippen LogP contribution in [0.4, 0.5) is 11.4 Å². The van der Waals surface area contributed by atoms with Crippen LogP contribution >= 0.6 is 11.6 Å². The molecule has 156 valence electrons. The lowest BCUT2D eigenvalue weighted by Crippen LogP contribution is -2.94. The van der Waals surface area contributed by atoms with Gasteiger partial charge in [0.2, 0.25) is 5.91 Å². The minimum atomic E-state index is -1.30. The standard InChI is InChI=1S/C20H24ClN3O5/c1-28-17-8-7-13(11-14(17)21)24-19(25)12-16(20(26)27)23-10-9-22-15-5-3-4-6-18(15)29-2/h3-8,11,16,22-23H,9-10,12H2,1-2H3,(H,24,25)(H,26,27)/t16-/m0/s1. The van der Waals surface area contributed by atoms with E-state index < -0.39 is 17.9 Å². The summed E-state index contributed by atoms with van der Waals surface area (Å²) in [6, 6.07) is 11.2. The summed E-state index contributed by atoms with van der Waals surface area (Å²) in [6.45, 7) is 0.915. The van der Waals surface area contributed by atoms with Crippen LogP contribution in [0.2, 0.25) is 5.02 Å². The van der Waals surface area contributed by atoms with Crippen molar-refractivity contribution in [1.29, 1.82) is 0 Å². The van der Waals surface area contributed by atoms with Gasteiger partial charge in [-0.3, -0.25) is 4.79 Å². The van der Waals surface area contributed by atoms with Crippen LogP contribution in [-0.4, -0.2) is 45.2 Å². The van der Waals surface area contributed by atoms with Crippen LogP contribution in [0.5, 0.6) is 11.5 Å². The third kappa shape index (κ3) is 6.85. The number of carbonyl (C=O) groups is 2. The van der Waals surface area contributed by atoms with Gasteiger partial charge in [0.05, 0.1) is 50.4 Å². The average molecular weight is 422 g/mol. The van der Waals surface area contributed by atoms with Crippen molar-refractivity contribution in [2.75, 3.05) is 37.9 Å². The summed E-state index contributed by atoms with van der Waals surface area (Å²) in [6.07, 6.45) is -0.235. The number of aliphatic carboxylic acids is 1. The van der Waals surface area contributed by atoms with Gasteiger partial charge in [0.15, 0.2) is 0 Å². The summed E-state index contributed by atoms with van der Waals surface area (Å²) in [7, 11) is 3.07. The summed E-state index contributed by atoms with van der Waals surface area (Å²) in [4.78, 5) is 23.6. The fourth-order valence-electron chi connectivity index (χ4n) is 2.70. The first-order valence-electron chi connectivity index (χ1n) is 8.99. The van der Waals surface area contributed by atoms with Crippen LogP contribution in [0.15, 0.2) is 42.5 Å². The molecule has 8 nitrogen and oxygen atoms in total. The third-order valence-corrected chi connectivity index (χ3v) is 4.46. The molecule has 0 saturated heterocycles. The van der Waals surface area contributed by atoms with E-state index in [1.54, 1.807) is 24.6 Å². The highest BCUT2D eigenvalue weighted by Crippen LogP contribution is 2.27. The van der Waals surface area contributed by atoms with E-state index in [0.29, 0.717) is 35.3 Å². The van der Waals surface area contributed by atoms with Gasteiger partial charge in [0.25, 0.3) is 0 Å². The lowest BCUT2D eigenvalue weighted by atomic mass is 10.2. The Balaban J connectivity index is 1.83. The van der Waals surface area contributed by atoms with Crippen LogP contribution in [0.25, 0.3) is 0 Å². The fourth-order valence-corrected chi connectivity index (χ4v) is 2.96. The van der Waals surface area contributed by atoms with Gasteiger partial charge in [-0.2, -0.15) is 0 Å². The number of carbonyl (C=O) groups excluding carboxylic acids is 2. The molecule has 0 aromatic heterocycles. The third-order valence-electron chi connectivity index (χ3n) is 4.16. The average Bonchev–Trinajstić information content (AvgIpc) is 2.70. The molecule has 0 aliphatic carbocycles. The first-order valence-corrected chi connectivity index (χ1v) is 9.37. The second kappa shape index (κ2) is 11.1. The van der Waals surface area contributed by atoms with Crippen molar-refractivity contribution < 1.29 is 29.5 Å². The number of anilines is 2. The van der Waals surface area contributed by atoms with Gasteiger partial charge in [-0.25, -0.2) is 0 Å². The minimum Gasteiger partial charge on any atom is -0.544 e. The zero-order valence-electron chi connectivity index (χ0n) is 16.2. The van der Waals surface area contributed by atoms with Gasteiger partial charge in [0, 0.05) is 5.69 Å². The number of nitrogens with two attached hydrogens (primary N) is 1. The number of halogens is 1. The van der Waals surface area contributed by atoms with Gasteiger partial charge in [-0.05, 0) is 30.3 Å². The van der Waals surface area contributed by atoms with Crippen molar-refractivity contribution in [3.63, 3.8) is 0 Å². The number of hydrogen-bond donors (Lipinski definition) is 3. The molecule has 0 unspecified atom stereocenters. The van der Waals surface area contributed by atoms with Crippen molar-refractivity contribution in [2.24, 2.45) is 0 Å². The van der Waals surface area contributed by atoms with E-state index in [2.05, 4.69) is 10.6 Å². The highest BCUT2D eigenvalue weighted by Gasteiger charge is 2.18. The Bertz CT molecular complexity index is 847. The monoisotopic (exact) mass is 421 g/mol. The van der Waals surface area contributed by atoms with E-state index in [4.69, 9.17) is 21.1 Å². The molecule has 2 rings (SSSR count). The topological polar surface area (TPSA) is 116 Å². The number of benzene rings is 2. The molecule has 0 saturated carbocycles. The molecule has 2 aromatic carbocycles. The fraction of sp³-hybridized carbons (Fsp3) is 0.300. The van der Waals surface area contributed by atoms with E-state index in [1.807, 2.05) is 24.3 Å². The Hall–Kier alpha value is -2.97. The Kier molecular flexibility index (Phi) is 8.57. The highest BCUT2D eigenvalue weighted by molar-refractivity contribution is 6.32. The molecule has 0 fully saturated rings. The predicted molar refractivity (Wildman–Crippen MR) is 108 cm³/mol. The van der Waals surface area contributed by atoms with E-state index in [0.717, 1.165) is 5.69 Å². The number of carboxylic acid groups (broad SMARTS) is 1. The summed E-state index contributed by atoms with van der Waals surface area (Å²) >= 11 is 6.02. The number of rotatable bonds is 11. The number of amides is 1. The van der Waals surface area contributed by atoms with Gasteiger partial charge in [-0.1, -0.05) is 23.7 Å². The second-order valence-corrected chi connectivity index (χ2v) is 6.59. The Morgan fingerprint density at radius 2 is 1.86 bits per heavy atom. The first-order chi connectivity index (χ1) is 13.9. The molecule has 4 N–H and O–H groups in total. The zero-order valence-corrected chi connectivity index (χ0v) is 17.0. The SMILES string of the molecule is COc1ccc(NC(=O)C[C@H]([NH2+]CCNc2ccccc2OC)C(=O)[O-])cc1Cl. The van der Waals surface area contributed by atoms with E-state index in [1.165, 1.54) is 13.2 Å². The molecule has 29 heavy (non-hydrogen) atoms. The number of methoxy groups -OCH3 is 2. The largest absolute Gasteiger partial charge is 0.544 e. The molecule has 2 aromatic rings. The molecule has 0 radical (unpaired) electrons. The van der Waals surface area contributed by atoms with Crippen LogP contribution in [0, 0.1) is 0 Å². The Labute approximate surface area is 174 Å². The second-order valence-electron chi connectivity index (χ2n) is 6.18. The van der Waals surface area contributed by atoms with E-state index >= 15 is 0 Å². The Morgan fingerprint density at radius 3 is 2.52 bits per heavy atom. The molecule has 1 atom stereocenters. The zero-order chi connectivity index (χ0) is 21.2. The lowest BCUT2D eigenvalue weighted by Gasteiger charge is -2.17. The predicted octanol–water partition coefficient (Wildman–Crippen LogP) is 0.480. The normalized spacial score (nSPS) is 11.4. The molecular formula is C20H24ClN3O5. The van der Waals surface area contributed by atoms with Crippen LogP contribution in [-0.2, 0) is 9.59 Å². The molecule has 0 bridgehead atoms. The summed E-state index contributed by atoms with van der Waals surface area (Å²) in [5.41, 5.74) is 1.26. The number of carboxylic acids is 1. The molecule has 9 heteroatoms. The van der Waals surface area contributed by atoms with Gasteiger partial charge in [-0.15, -0.1) is 0 Å². The molecule has 0 aliphatic rings. The summed E-state index contributed by atoms with van der Waals surface area (Å²) < 4.78 is 10.3. The van der Waals surface area contributed by atoms with E-state index in [-0.39, 0.29) is 6.42 Å². The minimum absolute atomic E-state index is 0.235. The summed E-state index contributed by atoms with van der Waals surface area (Å²) in [5, 5.41) is 19.1. The van der Waals surface area contributed by atoms with Gasteiger partial charge < -0.3 is 35.3 Å². The maximum absolute atomic E-state index is 12.2.